The van der Waals surface area contributed by atoms with E-state index in [1.807, 2.05) is 0 Å². The minimum absolute atomic E-state index is 0.0156. The number of aliphatic hydroxyl groups excluding tert-OH is 1. The molecule has 1 amide bonds. The molecule has 2 aromatic carbocycles. The maximum Gasteiger partial charge on any atom is 0.295 e. The molecule has 1 aliphatic rings. The van der Waals surface area contributed by atoms with E-state index in [1.54, 1.807) is 68.8 Å². The van der Waals surface area contributed by atoms with E-state index in [2.05, 4.69) is 4.98 Å². The van der Waals surface area contributed by atoms with Crippen LogP contribution in [0, 0.1) is 0 Å². The second-order valence-corrected chi connectivity index (χ2v) is 7.63. The van der Waals surface area contributed by atoms with Gasteiger partial charge in [0.2, 0.25) is 0 Å². The Hall–Kier alpha value is -4.33. The van der Waals surface area contributed by atoms with Gasteiger partial charge >= 0.3 is 0 Å². The average molecular weight is 460 g/mol. The predicted octanol–water partition coefficient (Wildman–Crippen LogP) is 3.73. The fourth-order valence-electron chi connectivity index (χ4n) is 4.02. The van der Waals surface area contributed by atoms with Crippen molar-refractivity contribution in [3.8, 4) is 17.2 Å². The lowest BCUT2D eigenvalue weighted by Crippen LogP contribution is -2.29. The summed E-state index contributed by atoms with van der Waals surface area (Å²) >= 11 is 0. The van der Waals surface area contributed by atoms with Crippen LogP contribution in [-0.2, 0) is 16.1 Å². The molecular formula is C26H24N2O6. The van der Waals surface area contributed by atoms with Crippen LogP contribution in [0.25, 0.3) is 5.76 Å². The number of aliphatic hydroxyl groups is 1. The zero-order valence-electron chi connectivity index (χ0n) is 19.0. The number of ketones is 1. The van der Waals surface area contributed by atoms with Gasteiger partial charge in [-0.3, -0.25) is 14.6 Å². The van der Waals surface area contributed by atoms with Gasteiger partial charge in [-0.15, -0.1) is 0 Å². The molecule has 2 heterocycles. The highest BCUT2D eigenvalue weighted by molar-refractivity contribution is 6.46. The molecule has 4 rings (SSSR count). The van der Waals surface area contributed by atoms with Crippen molar-refractivity contribution in [3.05, 3.63) is 89.3 Å². The van der Waals surface area contributed by atoms with Crippen LogP contribution in [0.15, 0.2) is 72.6 Å². The first-order chi connectivity index (χ1) is 16.5. The SMILES string of the molecule is COc1ccc(C2/C(=C(\O)c3ccncc3)C(=O)C(=O)N2Cc2ccc(OC)c(OC)c2)cc1. The van der Waals surface area contributed by atoms with Crippen LogP contribution in [0.1, 0.15) is 22.7 Å². The summed E-state index contributed by atoms with van der Waals surface area (Å²) in [6.45, 7) is 0.120. The van der Waals surface area contributed by atoms with Crippen molar-refractivity contribution in [1.29, 1.82) is 0 Å². The lowest BCUT2D eigenvalue weighted by Gasteiger charge is -2.26. The number of rotatable bonds is 7. The van der Waals surface area contributed by atoms with Gasteiger partial charge in [0, 0.05) is 24.5 Å². The molecule has 0 radical (unpaired) electrons. The van der Waals surface area contributed by atoms with E-state index in [0.717, 1.165) is 5.56 Å². The molecule has 1 saturated heterocycles. The van der Waals surface area contributed by atoms with Crippen molar-refractivity contribution in [1.82, 2.24) is 9.88 Å². The first kappa shape index (κ1) is 22.8. The molecule has 1 aromatic heterocycles. The number of methoxy groups -OCH3 is 3. The summed E-state index contributed by atoms with van der Waals surface area (Å²) in [4.78, 5) is 31.7. The molecule has 8 heteroatoms. The summed E-state index contributed by atoms with van der Waals surface area (Å²) < 4.78 is 15.9. The first-order valence-electron chi connectivity index (χ1n) is 10.5. The predicted molar refractivity (Wildman–Crippen MR) is 125 cm³/mol. The normalized spacial score (nSPS) is 17.0. The second kappa shape index (κ2) is 9.66. The van der Waals surface area contributed by atoms with Gasteiger partial charge in [0.25, 0.3) is 11.7 Å². The first-order valence-corrected chi connectivity index (χ1v) is 10.5. The monoisotopic (exact) mass is 460 g/mol. The third-order valence-electron chi connectivity index (χ3n) is 5.73. The van der Waals surface area contributed by atoms with Gasteiger partial charge < -0.3 is 24.2 Å². The largest absolute Gasteiger partial charge is 0.507 e. The minimum Gasteiger partial charge on any atom is -0.507 e. The molecule has 1 atom stereocenters. The van der Waals surface area contributed by atoms with Crippen molar-refractivity contribution in [3.63, 3.8) is 0 Å². The Kier molecular flexibility index (Phi) is 6.49. The number of amides is 1. The highest BCUT2D eigenvalue weighted by atomic mass is 16.5. The minimum atomic E-state index is -0.799. The van der Waals surface area contributed by atoms with Crippen molar-refractivity contribution >= 4 is 17.4 Å². The molecule has 1 aliphatic heterocycles. The van der Waals surface area contributed by atoms with E-state index < -0.39 is 17.7 Å². The summed E-state index contributed by atoms with van der Waals surface area (Å²) in [5.41, 5.74) is 1.82. The molecule has 0 aliphatic carbocycles. The highest BCUT2D eigenvalue weighted by Crippen LogP contribution is 2.41. The Labute approximate surface area is 197 Å². The average Bonchev–Trinajstić information content (AvgIpc) is 3.13. The number of carbonyl (C=O) groups excluding carboxylic acids is 2. The van der Waals surface area contributed by atoms with E-state index in [-0.39, 0.29) is 17.9 Å². The highest BCUT2D eigenvalue weighted by Gasteiger charge is 2.46. The van der Waals surface area contributed by atoms with Crippen molar-refractivity contribution in [2.75, 3.05) is 21.3 Å². The molecule has 1 N–H and O–H groups in total. The second-order valence-electron chi connectivity index (χ2n) is 7.63. The number of hydrogen-bond donors (Lipinski definition) is 1. The van der Waals surface area contributed by atoms with Crippen LogP contribution in [0.3, 0.4) is 0 Å². The quantitative estimate of drug-likeness (QED) is 0.326. The van der Waals surface area contributed by atoms with E-state index in [0.29, 0.717) is 28.4 Å². The Morgan fingerprint density at radius 3 is 2.21 bits per heavy atom. The standard InChI is InChI=1S/C26H24N2O6/c1-32-19-7-5-17(6-8-19)23-22(24(29)18-10-12-27-13-11-18)25(30)26(31)28(23)15-16-4-9-20(33-2)21(14-16)34-3/h4-14,23,29H,15H2,1-3H3/b24-22+. The fraction of sp³-hybridized carbons (Fsp3) is 0.192. The molecule has 34 heavy (non-hydrogen) atoms. The van der Waals surface area contributed by atoms with Gasteiger partial charge in [0.05, 0.1) is 32.9 Å². The van der Waals surface area contributed by atoms with Gasteiger partial charge in [-0.25, -0.2) is 0 Å². The molecule has 8 nitrogen and oxygen atoms in total. The molecular weight excluding hydrogens is 436 g/mol. The maximum atomic E-state index is 13.2. The molecule has 1 fully saturated rings. The summed E-state index contributed by atoms with van der Waals surface area (Å²) in [6, 6.07) is 14.7. The van der Waals surface area contributed by atoms with Crippen LogP contribution in [-0.4, -0.2) is 48.0 Å². The summed E-state index contributed by atoms with van der Waals surface area (Å²) in [7, 11) is 4.63. The van der Waals surface area contributed by atoms with Gasteiger partial charge in [0.15, 0.2) is 11.5 Å². The smallest absolute Gasteiger partial charge is 0.295 e. The summed E-state index contributed by atoms with van der Waals surface area (Å²) in [5.74, 6) is -0.0139. The lowest BCUT2D eigenvalue weighted by atomic mass is 9.95. The number of nitrogens with zero attached hydrogens (tertiary/aromatic N) is 2. The summed E-state index contributed by atoms with van der Waals surface area (Å²) in [6.07, 6.45) is 3.02. The number of benzene rings is 2. The summed E-state index contributed by atoms with van der Waals surface area (Å²) in [5, 5.41) is 11.1. The molecule has 0 saturated carbocycles. The topological polar surface area (TPSA) is 98.2 Å². The van der Waals surface area contributed by atoms with Crippen molar-refractivity contribution < 1.29 is 28.9 Å². The van der Waals surface area contributed by atoms with E-state index in [9.17, 15) is 14.7 Å². The van der Waals surface area contributed by atoms with Crippen LogP contribution < -0.4 is 14.2 Å². The molecule has 0 spiro atoms. The number of carbonyl (C=O) groups is 2. The molecule has 3 aromatic rings. The van der Waals surface area contributed by atoms with E-state index in [1.165, 1.54) is 24.4 Å². The zero-order chi connectivity index (χ0) is 24.2. The lowest BCUT2D eigenvalue weighted by molar-refractivity contribution is -0.140. The zero-order valence-corrected chi connectivity index (χ0v) is 19.0. The Balaban J connectivity index is 1.82. The number of hydrogen-bond acceptors (Lipinski definition) is 7. The number of Topliss-reactive ketones (excluding diaryl/α,β-unsaturated/α-hetero) is 1. The molecule has 1 unspecified atom stereocenters. The van der Waals surface area contributed by atoms with Gasteiger partial charge in [-0.05, 0) is 47.5 Å². The Bertz CT molecular complexity index is 1240. The van der Waals surface area contributed by atoms with Gasteiger partial charge in [-0.1, -0.05) is 18.2 Å². The number of ether oxygens (including phenoxy) is 3. The van der Waals surface area contributed by atoms with Crippen molar-refractivity contribution in [2.24, 2.45) is 0 Å². The number of likely N-dealkylation sites (tertiary alicyclic amines) is 1. The Morgan fingerprint density at radius 2 is 1.59 bits per heavy atom. The van der Waals surface area contributed by atoms with Crippen molar-refractivity contribution in [2.45, 2.75) is 12.6 Å². The van der Waals surface area contributed by atoms with Crippen LogP contribution >= 0.6 is 0 Å². The number of pyridine rings is 1. The van der Waals surface area contributed by atoms with Crippen LogP contribution in [0.5, 0.6) is 17.2 Å². The van der Waals surface area contributed by atoms with Gasteiger partial charge in [0.1, 0.15) is 11.5 Å². The Morgan fingerprint density at radius 1 is 0.912 bits per heavy atom. The van der Waals surface area contributed by atoms with Crippen LogP contribution in [0.4, 0.5) is 0 Å². The van der Waals surface area contributed by atoms with E-state index >= 15 is 0 Å². The number of aromatic nitrogens is 1. The third kappa shape index (κ3) is 4.17. The fourth-order valence-corrected chi connectivity index (χ4v) is 4.02. The van der Waals surface area contributed by atoms with Crippen LogP contribution in [0.2, 0.25) is 0 Å². The third-order valence-corrected chi connectivity index (χ3v) is 5.73. The molecule has 174 valence electrons. The maximum absolute atomic E-state index is 13.2. The van der Waals surface area contributed by atoms with E-state index in [4.69, 9.17) is 14.2 Å². The van der Waals surface area contributed by atoms with Gasteiger partial charge in [-0.2, -0.15) is 0 Å². The molecule has 0 bridgehead atoms.